The van der Waals surface area contributed by atoms with Gasteiger partial charge < -0.3 is 16.0 Å². The monoisotopic (exact) mass is 347 g/mol. The third-order valence-corrected chi connectivity index (χ3v) is 5.18. The molecule has 1 aromatic carbocycles. The highest BCUT2D eigenvalue weighted by atomic mass is 19.1. The van der Waals surface area contributed by atoms with Crippen LogP contribution in [0, 0.1) is 11.7 Å². The van der Waals surface area contributed by atoms with Gasteiger partial charge in [-0.3, -0.25) is 9.59 Å². The summed E-state index contributed by atoms with van der Waals surface area (Å²) in [6.45, 7) is 1.26. The summed E-state index contributed by atoms with van der Waals surface area (Å²) < 4.78 is 14.5. The first-order valence-corrected chi connectivity index (χ1v) is 9.21. The third kappa shape index (κ3) is 4.78. The van der Waals surface area contributed by atoms with Crippen LogP contribution in [0.1, 0.15) is 49.7 Å². The number of halogens is 1. The van der Waals surface area contributed by atoms with E-state index in [4.69, 9.17) is 0 Å². The maximum absolute atomic E-state index is 14.5. The molecule has 6 heteroatoms. The Balaban J connectivity index is 1.45. The summed E-state index contributed by atoms with van der Waals surface area (Å²) in [6.07, 6.45) is 6.90. The van der Waals surface area contributed by atoms with E-state index in [-0.39, 0.29) is 24.0 Å². The molecule has 0 spiro atoms. The van der Waals surface area contributed by atoms with Crippen LogP contribution in [-0.4, -0.2) is 24.9 Å². The zero-order valence-corrected chi connectivity index (χ0v) is 14.5. The van der Waals surface area contributed by atoms with E-state index in [0.717, 1.165) is 18.5 Å². The van der Waals surface area contributed by atoms with Crippen LogP contribution in [0.25, 0.3) is 0 Å². The quantitative estimate of drug-likeness (QED) is 0.740. The molecule has 1 saturated carbocycles. The van der Waals surface area contributed by atoms with Gasteiger partial charge >= 0.3 is 0 Å². The van der Waals surface area contributed by atoms with E-state index in [1.165, 1.54) is 25.7 Å². The van der Waals surface area contributed by atoms with Gasteiger partial charge in [-0.1, -0.05) is 31.7 Å². The standard InChI is InChI=1S/C19H26FN3O2/c20-19-15-9-10-21-11-14(15)6-7-16(19)23-18(25)12-22-17(24)8-5-13-3-1-2-4-13/h6-7,13,21H,1-5,8-12H2,(H,22,24)(H,23,25). The number of benzene rings is 1. The first-order valence-electron chi connectivity index (χ1n) is 9.21. The van der Waals surface area contributed by atoms with Crippen LogP contribution in [0.5, 0.6) is 0 Å². The Kier molecular flexibility index (Phi) is 6.02. The predicted molar refractivity (Wildman–Crippen MR) is 94.6 cm³/mol. The molecular formula is C19H26FN3O2. The smallest absolute Gasteiger partial charge is 0.243 e. The number of carbonyl (C=O) groups excluding carboxylic acids is 2. The van der Waals surface area contributed by atoms with Gasteiger partial charge in [0.25, 0.3) is 0 Å². The van der Waals surface area contributed by atoms with Crippen LogP contribution in [0.15, 0.2) is 12.1 Å². The van der Waals surface area contributed by atoms with Gasteiger partial charge in [0.15, 0.2) is 0 Å². The summed E-state index contributed by atoms with van der Waals surface area (Å²) in [5.74, 6) is -0.223. The molecule has 2 aliphatic rings. The largest absolute Gasteiger partial charge is 0.347 e. The molecule has 1 aliphatic heterocycles. The number of hydrogen-bond acceptors (Lipinski definition) is 3. The van der Waals surface area contributed by atoms with Crippen molar-refractivity contribution in [3.8, 4) is 0 Å². The predicted octanol–water partition coefficient (Wildman–Crippen LogP) is 2.50. The lowest BCUT2D eigenvalue weighted by Crippen LogP contribution is -2.33. The number of hydrogen-bond donors (Lipinski definition) is 3. The van der Waals surface area contributed by atoms with Crippen molar-refractivity contribution in [1.29, 1.82) is 0 Å². The van der Waals surface area contributed by atoms with E-state index in [2.05, 4.69) is 16.0 Å². The molecule has 1 fully saturated rings. The van der Waals surface area contributed by atoms with Crippen molar-refractivity contribution in [3.05, 3.63) is 29.1 Å². The number of nitrogens with one attached hydrogen (secondary N) is 3. The van der Waals surface area contributed by atoms with Gasteiger partial charge in [0, 0.05) is 13.0 Å². The average Bonchev–Trinajstić information content (AvgIpc) is 3.14. The van der Waals surface area contributed by atoms with Crippen LogP contribution < -0.4 is 16.0 Å². The second kappa shape index (κ2) is 8.43. The van der Waals surface area contributed by atoms with Crippen molar-refractivity contribution in [2.75, 3.05) is 18.4 Å². The van der Waals surface area contributed by atoms with Crippen molar-refractivity contribution >= 4 is 17.5 Å². The Morgan fingerprint density at radius 2 is 2.00 bits per heavy atom. The summed E-state index contributed by atoms with van der Waals surface area (Å²) in [4.78, 5) is 23.8. The Hall–Kier alpha value is -1.95. The molecule has 0 atom stereocenters. The molecule has 0 radical (unpaired) electrons. The molecule has 2 amide bonds. The van der Waals surface area contributed by atoms with Crippen LogP contribution in [0.2, 0.25) is 0 Å². The lowest BCUT2D eigenvalue weighted by molar-refractivity contribution is -0.124. The number of carbonyl (C=O) groups is 2. The second-order valence-electron chi connectivity index (χ2n) is 7.01. The lowest BCUT2D eigenvalue weighted by Gasteiger charge is -2.19. The normalized spacial score (nSPS) is 17.2. The number of fused-ring (bicyclic) bond motifs is 1. The third-order valence-electron chi connectivity index (χ3n) is 5.18. The molecule has 3 rings (SSSR count). The summed E-state index contributed by atoms with van der Waals surface area (Å²) in [6, 6.07) is 3.42. The molecule has 0 aromatic heterocycles. The van der Waals surface area contributed by atoms with E-state index >= 15 is 0 Å². The van der Waals surface area contributed by atoms with Gasteiger partial charge in [-0.25, -0.2) is 4.39 Å². The molecule has 1 aliphatic carbocycles. The number of amides is 2. The molecule has 0 saturated heterocycles. The molecule has 1 aromatic rings. The Labute approximate surface area is 147 Å². The first kappa shape index (κ1) is 17.9. The topological polar surface area (TPSA) is 70.2 Å². The Bertz CT molecular complexity index is 642. The van der Waals surface area contributed by atoms with Crippen LogP contribution in [0.4, 0.5) is 10.1 Å². The van der Waals surface area contributed by atoms with Crippen molar-refractivity contribution < 1.29 is 14.0 Å². The molecule has 3 N–H and O–H groups in total. The Morgan fingerprint density at radius 3 is 2.80 bits per heavy atom. The van der Waals surface area contributed by atoms with E-state index in [0.29, 0.717) is 30.9 Å². The minimum atomic E-state index is -0.401. The fourth-order valence-corrected chi connectivity index (χ4v) is 3.73. The summed E-state index contributed by atoms with van der Waals surface area (Å²) in [5, 5.41) is 8.38. The van der Waals surface area contributed by atoms with Gasteiger partial charge in [-0.2, -0.15) is 0 Å². The van der Waals surface area contributed by atoms with Crippen LogP contribution >= 0.6 is 0 Å². The van der Waals surface area contributed by atoms with Gasteiger partial charge in [0.05, 0.1) is 12.2 Å². The molecular weight excluding hydrogens is 321 g/mol. The molecule has 5 nitrogen and oxygen atoms in total. The number of anilines is 1. The zero-order valence-electron chi connectivity index (χ0n) is 14.5. The average molecular weight is 347 g/mol. The minimum absolute atomic E-state index is 0.112. The highest BCUT2D eigenvalue weighted by molar-refractivity contribution is 5.94. The summed E-state index contributed by atoms with van der Waals surface area (Å²) in [5.41, 5.74) is 1.78. The summed E-state index contributed by atoms with van der Waals surface area (Å²) >= 11 is 0. The van der Waals surface area contributed by atoms with Crippen LogP contribution in [-0.2, 0) is 22.6 Å². The van der Waals surface area contributed by atoms with Gasteiger partial charge in [0.1, 0.15) is 5.82 Å². The highest BCUT2D eigenvalue weighted by Gasteiger charge is 2.18. The fraction of sp³-hybridized carbons (Fsp3) is 0.579. The van der Waals surface area contributed by atoms with Crippen LogP contribution in [0.3, 0.4) is 0 Å². The summed E-state index contributed by atoms with van der Waals surface area (Å²) in [7, 11) is 0. The molecule has 0 bridgehead atoms. The Morgan fingerprint density at radius 1 is 1.20 bits per heavy atom. The van der Waals surface area contributed by atoms with Crippen molar-refractivity contribution in [1.82, 2.24) is 10.6 Å². The molecule has 0 unspecified atom stereocenters. The van der Waals surface area contributed by atoms with E-state index in [1.54, 1.807) is 6.07 Å². The highest BCUT2D eigenvalue weighted by Crippen LogP contribution is 2.28. The van der Waals surface area contributed by atoms with E-state index < -0.39 is 5.91 Å². The first-order chi connectivity index (χ1) is 12.1. The minimum Gasteiger partial charge on any atom is -0.347 e. The lowest BCUT2D eigenvalue weighted by atomic mass is 9.99. The SMILES string of the molecule is O=C(CCC1CCCC1)NCC(=O)Nc1ccc2c(c1F)CCNC2. The molecule has 136 valence electrons. The van der Waals surface area contributed by atoms with Crippen molar-refractivity contribution in [2.24, 2.45) is 5.92 Å². The van der Waals surface area contributed by atoms with E-state index in [9.17, 15) is 14.0 Å². The molecule has 25 heavy (non-hydrogen) atoms. The maximum atomic E-state index is 14.5. The van der Waals surface area contributed by atoms with Gasteiger partial charge in [-0.05, 0) is 42.5 Å². The fourth-order valence-electron chi connectivity index (χ4n) is 3.73. The van der Waals surface area contributed by atoms with Gasteiger partial charge in [0.2, 0.25) is 11.8 Å². The van der Waals surface area contributed by atoms with Crippen molar-refractivity contribution in [2.45, 2.75) is 51.5 Å². The van der Waals surface area contributed by atoms with Gasteiger partial charge in [-0.15, -0.1) is 0 Å². The molecule has 1 heterocycles. The van der Waals surface area contributed by atoms with E-state index in [1.807, 2.05) is 6.07 Å². The zero-order chi connectivity index (χ0) is 17.6. The second-order valence-corrected chi connectivity index (χ2v) is 7.01. The van der Waals surface area contributed by atoms with Crippen molar-refractivity contribution in [3.63, 3.8) is 0 Å². The number of rotatable bonds is 6. The maximum Gasteiger partial charge on any atom is 0.243 e.